The molecule has 0 saturated carbocycles. The Bertz CT molecular complexity index is 315. The van der Waals surface area contributed by atoms with Gasteiger partial charge in [-0.25, -0.2) is 0 Å². The van der Waals surface area contributed by atoms with Gasteiger partial charge in [-0.3, -0.25) is 0 Å². The van der Waals surface area contributed by atoms with Gasteiger partial charge in [-0.15, -0.1) is 0 Å². The summed E-state index contributed by atoms with van der Waals surface area (Å²) in [6.45, 7) is 4.99. The zero-order chi connectivity index (χ0) is 10.1. The molecule has 0 radical (unpaired) electrons. The summed E-state index contributed by atoms with van der Waals surface area (Å²) in [5.41, 5.74) is 4.00. The molecule has 1 saturated heterocycles. The van der Waals surface area contributed by atoms with Crippen molar-refractivity contribution < 1.29 is 5.11 Å². The molecule has 0 spiro atoms. The van der Waals surface area contributed by atoms with Crippen molar-refractivity contribution in [3.05, 3.63) is 34.9 Å². The zero-order valence-corrected chi connectivity index (χ0v) is 8.75. The molecule has 1 aliphatic rings. The summed E-state index contributed by atoms with van der Waals surface area (Å²) in [6, 6.07) is 6.69. The standard InChI is InChI=1S/C12H17NO/c1-8-4-3-5-9(2)12(8)11-6-10(14)7-13-11/h3-5,10-11,13-14H,6-7H2,1-2H3. The Hall–Kier alpha value is -0.860. The minimum atomic E-state index is -0.181. The largest absolute Gasteiger partial charge is 0.392 e. The molecule has 0 aromatic heterocycles. The average Bonchev–Trinajstić information content (AvgIpc) is 2.51. The second-order valence-electron chi connectivity index (χ2n) is 4.16. The monoisotopic (exact) mass is 191 g/mol. The van der Waals surface area contributed by atoms with Crippen molar-refractivity contribution in [3.8, 4) is 0 Å². The Balaban J connectivity index is 2.31. The highest BCUT2D eigenvalue weighted by Gasteiger charge is 2.25. The summed E-state index contributed by atoms with van der Waals surface area (Å²) in [6.07, 6.45) is 0.658. The van der Waals surface area contributed by atoms with Crippen LogP contribution in [0.1, 0.15) is 29.2 Å². The van der Waals surface area contributed by atoms with E-state index in [1.807, 2.05) is 0 Å². The van der Waals surface area contributed by atoms with Gasteiger partial charge in [0, 0.05) is 12.6 Å². The van der Waals surface area contributed by atoms with Gasteiger partial charge >= 0.3 is 0 Å². The summed E-state index contributed by atoms with van der Waals surface area (Å²) < 4.78 is 0. The normalized spacial score (nSPS) is 26.8. The minimum Gasteiger partial charge on any atom is -0.392 e. The molecule has 2 nitrogen and oxygen atoms in total. The number of rotatable bonds is 1. The van der Waals surface area contributed by atoms with Crippen LogP contribution in [0, 0.1) is 13.8 Å². The highest BCUT2D eigenvalue weighted by atomic mass is 16.3. The second kappa shape index (κ2) is 3.71. The maximum Gasteiger partial charge on any atom is 0.0682 e. The second-order valence-corrected chi connectivity index (χ2v) is 4.16. The zero-order valence-electron chi connectivity index (χ0n) is 8.75. The molecule has 14 heavy (non-hydrogen) atoms. The molecule has 1 aromatic rings. The first-order valence-corrected chi connectivity index (χ1v) is 5.16. The number of nitrogens with one attached hydrogen (secondary N) is 1. The minimum absolute atomic E-state index is 0.181. The van der Waals surface area contributed by atoms with E-state index in [1.54, 1.807) is 0 Å². The molecule has 1 aliphatic heterocycles. The Morgan fingerprint density at radius 1 is 1.29 bits per heavy atom. The lowest BCUT2D eigenvalue weighted by atomic mass is 9.95. The maximum absolute atomic E-state index is 9.48. The predicted molar refractivity (Wildman–Crippen MR) is 57.3 cm³/mol. The number of hydrogen-bond donors (Lipinski definition) is 2. The van der Waals surface area contributed by atoms with Gasteiger partial charge in [0.25, 0.3) is 0 Å². The summed E-state index contributed by atoms with van der Waals surface area (Å²) in [5, 5.41) is 12.8. The van der Waals surface area contributed by atoms with Gasteiger partial charge in [0.15, 0.2) is 0 Å². The van der Waals surface area contributed by atoms with Gasteiger partial charge in [-0.05, 0) is 37.0 Å². The van der Waals surface area contributed by atoms with E-state index in [4.69, 9.17) is 0 Å². The van der Waals surface area contributed by atoms with Crippen molar-refractivity contribution in [1.82, 2.24) is 5.32 Å². The van der Waals surface area contributed by atoms with E-state index < -0.39 is 0 Å². The van der Waals surface area contributed by atoms with Crippen LogP contribution < -0.4 is 5.32 Å². The van der Waals surface area contributed by atoms with Gasteiger partial charge in [-0.2, -0.15) is 0 Å². The molecule has 2 unspecified atom stereocenters. The Morgan fingerprint density at radius 3 is 2.43 bits per heavy atom. The van der Waals surface area contributed by atoms with E-state index in [2.05, 4.69) is 37.4 Å². The number of β-amino-alcohol motifs (C(OH)–C–C–N with tert-alkyl or cyclic N) is 1. The molecular formula is C12H17NO. The van der Waals surface area contributed by atoms with E-state index in [0.29, 0.717) is 6.04 Å². The van der Waals surface area contributed by atoms with E-state index >= 15 is 0 Å². The molecule has 1 aromatic carbocycles. The molecule has 76 valence electrons. The SMILES string of the molecule is Cc1cccc(C)c1C1CC(O)CN1. The molecule has 2 N–H and O–H groups in total. The van der Waals surface area contributed by atoms with Gasteiger partial charge in [0.1, 0.15) is 0 Å². The number of benzene rings is 1. The van der Waals surface area contributed by atoms with E-state index in [1.165, 1.54) is 16.7 Å². The van der Waals surface area contributed by atoms with Crippen LogP contribution in [0.25, 0.3) is 0 Å². The van der Waals surface area contributed by atoms with Crippen molar-refractivity contribution in [2.24, 2.45) is 0 Å². The summed E-state index contributed by atoms with van der Waals surface area (Å²) in [7, 11) is 0. The Labute approximate surface area is 85.0 Å². The summed E-state index contributed by atoms with van der Waals surface area (Å²) in [4.78, 5) is 0. The number of aryl methyl sites for hydroxylation is 2. The molecule has 1 heterocycles. The Morgan fingerprint density at radius 2 is 1.93 bits per heavy atom. The van der Waals surface area contributed by atoms with Crippen molar-refractivity contribution >= 4 is 0 Å². The first-order valence-electron chi connectivity index (χ1n) is 5.16. The first kappa shape index (κ1) is 9.69. The van der Waals surface area contributed by atoms with Crippen LogP contribution in [0.3, 0.4) is 0 Å². The van der Waals surface area contributed by atoms with Crippen molar-refractivity contribution in [3.63, 3.8) is 0 Å². The van der Waals surface area contributed by atoms with Gasteiger partial charge < -0.3 is 10.4 Å². The van der Waals surface area contributed by atoms with E-state index in [0.717, 1.165) is 13.0 Å². The molecule has 2 rings (SSSR count). The van der Waals surface area contributed by atoms with Crippen LogP contribution in [0.15, 0.2) is 18.2 Å². The summed E-state index contributed by atoms with van der Waals surface area (Å²) in [5.74, 6) is 0. The van der Waals surface area contributed by atoms with Gasteiger partial charge in [-0.1, -0.05) is 18.2 Å². The van der Waals surface area contributed by atoms with Crippen LogP contribution in [0.2, 0.25) is 0 Å². The third kappa shape index (κ3) is 1.68. The smallest absolute Gasteiger partial charge is 0.0682 e. The molecule has 0 aliphatic carbocycles. The van der Waals surface area contributed by atoms with Crippen LogP contribution in [-0.4, -0.2) is 17.8 Å². The molecule has 0 amide bonds. The first-order chi connectivity index (χ1) is 6.68. The van der Waals surface area contributed by atoms with Crippen molar-refractivity contribution in [2.45, 2.75) is 32.4 Å². The fraction of sp³-hybridized carbons (Fsp3) is 0.500. The molecule has 0 bridgehead atoms. The van der Waals surface area contributed by atoms with Crippen LogP contribution in [0.4, 0.5) is 0 Å². The van der Waals surface area contributed by atoms with Crippen LogP contribution in [0.5, 0.6) is 0 Å². The lowest BCUT2D eigenvalue weighted by Crippen LogP contribution is -2.16. The third-order valence-electron chi connectivity index (χ3n) is 3.00. The quantitative estimate of drug-likeness (QED) is 0.708. The Kier molecular flexibility index (Phi) is 2.57. The van der Waals surface area contributed by atoms with E-state index in [9.17, 15) is 5.11 Å². The fourth-order valence-corrected chi connectivity index (χ4v) is 2.31. The molecule has 2 atom stereocenters. The average molecular weight is 191 g/mol. The third-order valence-corrected chi connectivity index (χ3v) is 3.00. The summed E-state index contributed by atoms with van der Waals surface area (Å²) >= 11 is 0. The lowest BCUT2D eigenvalue weighted by molar-refractivity contribution is 0.193. The van der Waals surface area contributed by atoms with E-state index in [-0.39, 0.29) is 6.10 Å². The van der Waals surface area contributed by atoms with Gasteiger partial charge in [0.2, 0.25) is 0 Å². The number of aliphatic hydroxyl groups excluding tert-OH is 1. The fourth-order valence-electron chi connectivity index (χ4n) is 2.31. The topological polar surface area (TPSA) is 32.3 Å². The molecular weight excluding hydrogens is 174 g/mol. The molecule has 2 heteroatoms. The highest BCUT2D eigenvalue weighted by Crippen LogP contribution is 2.28. The van der Waals surface area contributed by atoms with Crippen molar-refractivity contribution in [1.29, 1.82) is 0 Å². The predicted octanol–water partition coefficient (Wildman–Crippen LogP) is 1.70. The van der Waals surface area contributed by atoms with Crippen LogP contribution in [-0.2, 0) is 0 Å². The molecule has 1 fully saturated rings. The van der Waals surface area contributed by atoms with Crippen molar-refractivity contribution in [2.75, 3.05) is 6.54 Å². The van der Waals surface area contributed by atoms with Gasteiger partial charge in [0.05, 0.1) is 6.10 Å². The number of hydrogen-bond acceptors (Lipinski definition) is 2. The maximum atomic E-state index is 9.48. The number of aliphatic hydroxyl groups is 1. The highest BCUT2D eigenvalue weighted by molar-refractivity contribution is 5.36. The van der Waals surface area contributed by atoms with Crippen LogP contribution >= 0.6 is 0 Å². The lowest BCUT2D eigenvalue weighted by Gasteiger charge is -2.16.